The van der Waals surface area contributed by atoms with E-state index in [9.17, 15) is 14.7 Å². The summed E-state index contributed by atoms with van der Waals surface area (Å²) in [5.41, 5.74) is 2.40. The highest BCUT2D eigenvalue weighted by Gasteiger charge is 2.42. The predicted octanol–water partition coefficient (Wildman–Crippen LogP) is 3.39. The summed E-state index contributed by atoms with van der Waals surface area (Å²) in [6.07, 6.45) is -1.69. The highest BCUT2D eigenvalue weighted by Crippen LogP contribution is 2.38. The van der Waals surface area contributed by atoms with Crippen molar-refractivity contribution < 1.29 is 33.6 Å². The maximum atomic E-state index is 13.1. The highest BCUT2D eigenvalue weighted by atomic mass is 16.7. The summed E-state index contributed by atoms with van der Waals surface area (Å²) in [6, 6.07) is 15.4. The maximum Gasteiger partial charge on any atom is 0.249 e. The quantitative estimate of drug-likeness (QED) is 0.447. The molecule has 1 amide bonds. The smallest absolute Gasteiger partial charge is 0.249 e. The minimum absolute atomic E-state index is 0.0604. The van der Waals surface area contributed by atoms with Gasteiger partial charge in [0.15, 0.2) is 12.1 Å². The second-order valence-corrected chi connectivity index (χ2v) is 10.8. The van der Waals surface area contributed by atoms with Crippen LogP contribution in [0.4, 0.5) is 5.69 Å². The Morgan fingerprint density at radius 1 is 1.10 bits per heavy atom. The summed E-state index contributed by atoms with van der Waals surface area (Å²) >= 11 is 0. The van der Waals surface area contributed by atoms with Crippen LogP contribution in [0.5, 0.6) is 5.75 Å². The summed E-state index contributed by atoms with van der Waals surface area (Å²) in [6.45, 7) is 7.77. The highest BCUT2D eigenvalue weighted by molar-refractivity contribution is 5.84. The Bertz CT molecular complexity index is 1080. The van der Waals surface area contributed by atoms with Crippen LogP contribution in [0.1, 0.15) is 50.5 Å². The summed E-state index contributed by atoms with van der Waals surface area (Å²) in [7, 11) is 1.60. The molecule has 212 valence electrons. The van der Waals surface area contributed by atoms with Crippen molar-refractivity contribution >= 4 is 17.4 Å². The number of benzene rings is 2. The van der Waals surface area contributed by atoms with Crippen molar-refractivity contribution in [3.63, 3.8) is 0 Å². The van der Waals surface area contributed by atoms with Gasteiger partial charge in [-0.3, -0.25) is 9.59 Å². The molecule has 2 saturated heterocycles. The first-order valence-corrected chi connectivity index (χ1v) is 13.6. The van der Waals surface area contributed by atoms with Gasteiger partial charge in [0.2, 0.25) is 5.91 Å². The molecule has 3 atom stereocenters. The number of nitrogens with zero attached hydrogens (tertiary/aromatic N) is 1. The molecule has 2 fully saturated rings. The van der Waals surface area contributed by atoms with E-state index in [2.05, 4.69) is 10.2 Å². The number of hydrogen-bond acceptors (Lipinski definition) is 8. The van der Waals surface area contributed by atoms with Gasteiger partial charge in [-0.1, -0.05) is 38.1 Å². The number of Topliss-reactive ketones (excluding diaryl/α,β-unsaturated/α-hetero) is 1. The van der Waals surface area contributed by atoms with Gasteiger partial charge in [0, 0.05) is 42.7 Å². The summed E-state index contributed by atoms with van der Waals surface area (Å²) in [5.74, 6) is 0.225. The Hall–Kier alpha value is -2.98. The Morgan fingerprint density at radius 2 is 1.79 bits per heavy atom. The Kier molecular flexibility index (Phi) is 9.96. The number of methoxy groups -OCH3 is 1. The van der Waals surface area contributed by atoms with Gasteiger partial charge >= 0.3 is 0 Å². The fourth-order valence-corrected chi connectivity index (χ4v) is 4.85. The summed E-state index contributed by atoms with van der Waals surface area (Å²) in [5, 5.41) is 13.2. The molecular formula is C30H40N2O7. The van der Waals surface area contributed by atoms with Gasteiger partial charge < -0.3 is 34.3 Å². The molecule has 2 heterocycles. The Morgan fingerprint density at radius 3 is 2.46 bits per heavy atom. The van der Waals surface area contributed by atoms with Crippen LogP contribution in [0.25, 0.3) is 0 Å². The third-order valence-electron chi connectivity index (χ3n) is 7.24. The van der Waals surface area contributed by atoms with Crippen molar-refractivity contribution in [2.75, 3.05) is 44.9 Å². The average molecular weight is 541 g/mol. The number of morpholine rings is 1. The zero-order chi connectivity index (χ0) is 27.8. The Labute approximate surface area is 230 Å². The zero-order valence-corrected chi connectivity index (χ0v) is 23.1. The number of amides is 1. The standard InChI is InChI=1S/C30H40N2O7/c1-30(2)20-38-29(22-9-13-24(36-3)14-10-22)39-27(30)25(33)5-4-6-26(34)28(35)31-19-21-7-11-23(12-8-21)32-15-17-37-18-16-32/h7-14,26-27,29,34H,4-6,15-20H2,1-3H3,(H,31,35)/t26?,27-,29?/m0/s1. The number of ketones is 1. The molecule has 2 N–H and O–H groups in total. The monoisotopic (exact) mass is 540 g/mol. The van der Waals surface area contributed by atoms with E-state index in [0.29, 0.717) is 19.6 Å². The van der Waals surface area contributed by atoms with Gasteiger partial charge in [-0.05, 0) is 42.7 Å². The lowest BCUT2D eigenvalue weighted by Crippen LogP contribution is -2.47. The van der Waals surface area contributed by atoms with E-state index in [0.717, 1.165) is 48.9 Å². The molecule has 2 unspecified atom stereocenters. The molecule has 2 aromatic carbocycles. The zero-order valence-electron chi connectivity index (χ0n) is 23.1. The second kappa shape index (κ2) is 13.4. The lowest BCUT2D eigenvalue weighted by Gasteiger charge is -2.41. The molecule has 0 spiro atoms. The molecule has 9 nitrogen and oxygen atoms in total. The first-order chi connectivity index (χ1) is 18.8. The number of hydrogen-bond donors (Lipinski definition) is 2. The van der Waals surface area contributed by atoms with Gasteiger partial charge in [0.05, 0.1) is 26.9 Å². The molecule has 0 aromatic heterocycles. The molecule has 0 aliphatic carbocycles. The van der Waals surface area contributed by atoms with E-state index in [1.807, 2.05) is 62.4 Å². The summed E-state index contributed by atoms with van der Waals surface area (Å²) in [4.78, 5) is 27.8. The van der Waals surface area contributed by atoms with Gasteiger partial charge in [-0.25, -0.2) is 0 Å². The van der Waals surface area contributed by atoms with E-state index in [1.54, 1.807) is 7.11 Å². The van der Waals surface area contributed by atoms with E-state index >= 15 is 0 Å². The number of anilines is 1. The second-order valence-electron chi connectivity index (χ2n) is 10.8. The molecule has 0 bridgehead atoms. The van der Waals surface area contributed by atoms with Crippen molar-refractivity contribution in [2.45, 2.75) is 58.2 Å². The number of carbonyl (C=O) groups excluding carboxylic acids is 2. The van der Waals surface area contributed by atoms with Crippen LogP contribution in [0.3, 0.4) is 0 Å². The number of rotatable bonds is 11. The number of carbonyl (C=O) groups is 2. The molecule has 0 saturated carbocycles. The van der Waals surface area contributed by atoms with Gasteiger partial charge in [0.25, 0.3) is 0 Å². The minimum atomic E-state index is -1.18. The van der Waals surface area contributed by atoms with E-state index in [-0.39, 0.29) is 18.6 Å². The molecule has 39 heavy (non-hydrogen) atoms. The fraction of sp³-hybridized carbons (Fsp3) is 0.533. The SMILES string of the molecule is COc1ccc(C2OCC(C)(C)[C@H](C(=O)CCCC(O)C(=O)NCc3ccc(N4CCOCC4)cc3)O2)cc1. The molecule has 4 rings (SSSR count). The van der Waals surface area contributed by atoms with E-state index in [1.165, 1.54) is 0 Å². The van der Waals surface area contributed by atoms with Crippen LogP contribution in [-0.2, 0) is 30.3 Å². The van der Waals surface area contributed by atoms with Gasteiger partial charge in [-0.2, -0.15) is 0 Å². The van der Waals surface area contributed by atoms with Crippen molar-refractivity contribution in [1.82, 2.24) is 5.32 Å². The van der Waals surface area contributed by atoms with Crippen molar-refractivity contribution in [1.29, 1.82) is 0 Å². The van der Waals surface area contributed by atoms with Crippen LogP contribution in [-0.4, -0.2) is 69.0 Å². The number of ether oxygens (including phenoxy) is 4. The third kappa shape index (κ3) is 7.79. The van der Waals surface area contributed by atoms with Gasteiger partial charge in [0.1, 0.15) is 18.0 Å². The molecule has 2 aliphatic heterocycles. The van der Waals surface area contributed by atoms with Crippen molar-refractivity contribution in [2.24, 2.45) is 5.41 Å². The van der Waals surface area contributed by atoms with Crippen LogP contribution in [0.2, 0.25) is 0 Å². The lowest BCUT2D eigenvalue weighted by atomic mass is 9.82. The number of aliphatic hydroxyl groups is 1. The molecule has 9 heteroatoms. The fourth-order valence-electron chi connectivity index (χ4n) is 4.85. The topological polar surface area (TPSA) is 107 Å². The van der Waals surface area contributed by atoms with Crippen molar-refractivity contribution in [3.05, 3.63) is 59.7 Å². The van der Waals surface area contributed by atoms with Crippen LogP contribution in [0, 0.1) is 5.41 Å². The van der Waals surface area contributed by atoms with Gasteiger partial charge in [-0.15, -0.1) is 0 Å². The minimum Gasteiger partial charge on any atom is -0.497 e. The van der Waals surface area contributed by atoms with Crippen LogP contribution >= 0.6 is 0 Å². The summed E-state index contributed by atoms with van der Waals surface area (Å²) < 4.78 is 22.6. The Balaban J connectivity index is 1.21. The van der Waals surface area contributed by atoms with Crippen LogP contribution in [0.15, 0.2) is 48.5 Å². The largest absolute Gasteiger partial charge is 0.497 e. The third-order valence-corrected chi connectivity index (χ3v) is 7.24. The normalized spacial score (nSPS) is 21.7. The lowest BCUT2D eigenvalue weighted by molar-refractivity contribution is -0.257. The molecule has 0 radical (unpaired) electrons. The van der Waals surface area contributed by atoms with Crippen LogP contribution < -0.4 is 15.0 Å². The number of nitrogens with one attached hydrogen (secondary N) is 1. The first kappa shape index (κ1) is 29.0. The molecule has 2 aromatic rings. The number of aliphatic hydroxyl groups excluding tert-OH is 1. The predicted molar refractivity (Wildman–Crippen MR) is 147 cm³/mol. The van der Waals surface area contributed by atoms with Crippen molar-refractivity contribution in [3.8, 4) is 5.75 Å². The van der Waals surface area contributed by atoms with E-state index in [4.69, 9.17) is 18.9 Å². The molecule has 2 aliphatic rings. The average Bonchev–Trinajstić information content (AvgIpc) is 2.96. The first-order valence-electron chi connectivity index (χ1n) is 13.6. The molecular weight excluding hydrogens is 500 g/mol. The van der Waals surface area contributed by atoms with E-state index < -0.39 is 29.8 Å². The maximum absolute atomic E-state index is 13.1.